The van der Waals surface area contributed by atoms with Crippen LogP contribution in [0.1, 0.15) is 31.2 Å². The van der Waals surface area contributed by atoms with Crippen LogP contribution in [-0.4, -0.2) is 80.4 Å². The lowest BCUT2D eigenvalue weighted by molar-refractivity contribution is -0.101. The molecule has 1 saturated heterocycles. The normalized spacial score (nSPS) is 15.3. The summed E-state index contributed by atoms with van der Waals surface area (Å²) in [6.45, 7) is 4.67. The van der Waals surface area contributed by atoms with Gasteiger partial charge in [-0.05, 0) is 30.5 Å². The third-order valence-electron chi connectivity index (χ3n) is 5.78. The first kappa shape index (κ1) is 28.0. The number of benzene rings is 1. The van der Waals surface area contributed by atoms with Crippen LogP contribution in [0.2, 0.25) is 0 Å². The van der Waals surface area contributed by atoms with Crippen molar-refractivity contribution in [1.29, 1.82) is 0 Å². The number of nitrogens with zero attached hydrogens (tertiary/aromatic N) is 4. The highest BCUT2D eigenvalue weighted by Crippen LogP contribution is 2.12. The molecule has 0 unspecified atom stereocenters. The van der Waals surface area contributed by atoms with Gasteiger partial charge < -0.3 is 15.8 Å². The van der Waals surface area contributed by atoms with Gasteiger partial charge in [-0.25, -0.2) is 8.42 Å². The van der Waals surface area contributed by atoms with Crippen molar-refractivity contribution < 1.29 is 18.0 Å². The highest BCUT2D eigenvalue weighted by atomic mass is 32.2. The average Bonchev–Trinajstić information content (AvgIpc) is 2.89. The van der Waals surface area contributed by atoms with Gasteiger partial charge in [0.05, 0.1) is 32.1 Å². The summed E-state index contributed by atoms with van der Waals surface area (Å²) in [7, 11) is -3.54. The van der Waals surface area contributed by atoms with Gasteiger partial charge in [0, 0.05) is 44.3 Å². The van der Waals surface area contributed by atoms with E-state index in [2.05, 4.69) is 20.2 Å². The fourth-order valence-electron chi connectivity index (χ4n) is 3.73. The van der Waals surface area contributed by atoms with E-state index < -0.39 is 10.0 Å². The molecule has 0 aliphatic carbocycles. The minimum Gasteiger partial charge on any atom is -0.379 e. The first-order chi connectivity index (χ1) is 17.5. The summed E-state index contributed by atoms with van der Waals surface area (Å²) in [6, 6.07) is 13.2. The molecule has 2 heterocycles. The standard InChI is InChI=1S/C25H38N6O4S/c26-25(29-24-10-13-27-14-11-24)28-12-6-1-2-7-21-36(32,33)31(16-15-30-17-19-34-20-18-30)35-22-23-8-4-3-5-9-23/h3-5,8-11,13-14H,1-2,6-7,12,15-22H2,(H3,26,27,28,29). The van der Waals surface area contributed by atoms with E-state index >= 15 is 0 Å². The zero-order chi connectivity index (χ0) is 25.5. The van der Waals surface area contributed by atoms with E-state index in [0.717, 1.165) is 43.6 Å². The van der Waals surface area contributed by atoms with Crippen molar-refractivity contribution in [2.75, 3.05) is 57.0 Å². The van der Waals surface area contributed by atoms with Gasteiger partial charge >= 0.3 is 0 Å². The molecule has 1 aromatic carbocycles. The van der Waals surface area contributed by atoms with Crippen LogP contribution in [0.4, 0.5) is 5.69 Å². The van der Waals surface area contributed by atoms with E-state index in [0.29, 0.717) is 45.2 Å². The van der Waals surface area contributed by atoms with Crippen molar-refractivity contribution in [3.8, 4) is 0 Å². The SMILES string of the molecule is NC(=NCCCCCCS(=O)(=O)N(CCN1CCOCC1)OCc1ccccc1)Nc1ccncc1. The summed E-state index contributed by atoms with van der Waals surface area (Å²) in [5.41, 5.74) is 7.67. The maximum atomic E-state index is 13.1. The number of morpholine rings is 1. The van der Waals surface area contributed by atoms with Crippen LogP contribution in [0, 0.1) is 0 Å². The predicted octanol–water partition coefficient (Wildman–Crippen LogP) is 2.46. The number of hydrogen-bond acceptors (Lipinski definition) is 7. The minimum atomic E-state index is -3.54. The number of pyridine rings is 1. The van der Waals surface area contributed by atoms with Crippen molar-refractivity contribution >= 4 is 21.7 Å². The predicted molar refractivity (Wildman–Crippen MR) is 142 cm³/mol. The van der Waals surface area contributed by atoms with Gasteiger partial charge in [0.25, 0.3) is 0 Å². The summed E-state index contributed by atoms with van der Waals surface area (Å²) in [5.74, 6) is 0.412. The molecule has 11 heteroatoms. The lowest BCUT2D eigenvalue weighted by Crippen LogP contribution is -2.43. The zero-order valence-electron chi connectivity index (χ0n) is 20.8. The largest absolute Gasteiger partial charge is 0.379 e. The topological polar surface area (TPSA) is 122 Å². The Labute approximate surface area is 214 Å². The lowest BCUT2D eigenvalue weighted by Gasteiger charge is -2.29. The van der Waals surface area contributed by atoms with E-state index in [1.807, 2.05) is 42.5 Å². The molecule has 36 heavy (non-hydrogen) atoms. The van der Waals surface area contributed by atoms with E-state index in [-0.39, 0.29) is 12.4 Å². The van der Waals surface area contributed by atoms with Crippen molar-refractivity contribution in [2.24, 2.45) is 10.7 Å². The van der Waals surface area contributed by atoms with Crippen LogP contribution < -0.4 is 11.1 Å². The number of anilines is 1. The van der Waals surface area contributed by atoms with E-state index in [1.54, 1.807) is 12.4 Å². The highest BCUT2D eigenvalue weighted by Gasteiger charge is 2.24. The summed E-state index contributed by atoms with van der Waals surface area (Å²) < 4.78 is 32.7. The van der Waals surface area contributed by atoms with Crippen LogP contribution in [-0.2, 0) is 26.2 Å². The molecule has 1 aliphatic rings. The number of guanidine groups is 1. The van der Waals surface area contributed by atoms with Crippen molar-refractivity contribution in [3.05, 3.63) is 60.4 Å². The summed E-state index contributed by atoms with van der Waals surface area (Å²) in [5, 5.41) is 3.01. The molecule has 198 valence electrons. The molecule has 1 aromatic heterocycles. The summed E-state index contributed by atoms with van der Waals surface area (Å²) in [4.78, 5) is 16.3. The molecule has 2 aromatic rings. The Balaban J connectivity index is 1.40. The number of hydroxylamine groups is 1. The van der Waals surface area contributed by atoms with Gasteiger partial charge in [-0.3, -0.25) is 19.7 Å². The molecule has 0 spiro atoms. The number of aliphatic imine (C=N–C) groups is 1. The third-order valence-corrected chi connectivity index (χ3v) is 7.49. The molecule has 0 radical (unpaired) electrons. The number of unbranched alkanes of at least 4 members (excludes halogenated alkanes) is 3. The van der Waals surface area contributed by atoms with Crippen LogP contribution in [0.25, 0.3) is 0 Å². The van der Waals surface area contributed by atoms with Gasteiger partial charge in [0.15, 0.2) is 5.96 Å². The smallest absolute Gasteiger partial charge is 0.236 e. The van der Waals surface area contributed by atoms with Gasteiger partial charge in [-0.15, -0.1) is 0 Å². The molecule has 0 saturated carbocycles. The quantitative estimate of drug-likeness (QED) is 0.160. The average molecular weight is 519 g/mol. The van der Waals surface area contributed by atoms with Gasteiger partial charge in [-0.1, -0.05) is 47.6 Å². The Bertz CT molecular complexity index is 1000. The minimum absolute atomic E-state index is 0.0555. The number of ether oxygens (including phenoxy) is 1. The number of hydrogen-bond donors (Lipinski definition) is 2. The molecular formula is C25H38N6O4S. The van der Waals surface area contributed by atoms with Crippen molar-refractivity contribution in [3.63, 3.8) is 0 Å². The zero-order valence-corrected chi connectivity index (χ0v) is 21.6. The highest BCUT2D eigenvalue weighted by molar-refractivity contribution is 7.88. The first-order valence-electron chi connectivity index (χ1n) is 12.5. The Kier molecular flexibility index (Phi) is 12.1. The molecule has 1 fully saturated rings. The number of aromatic nitrogens is 1. The van der Waals surface area contributed by atoms with Gasteiger partial charge in [-0.2, -0.15) is 0 Å². The van der Waals surface area contributed by atoms with Crippen molar-refractivity contribution in [2.45, 2.75) is 32.3 Å². The van der Waals surface area contributed by atoms with Gasteiger partial charge in [0.1, 0.15) is 0 Å². The van der Waals surface area contributed by atoms with E-state index in [4.69, 9.17) is 15.3 Å². The summed E-state index contributed by atoms with van der Waals surface area (Å²) >= 11 is 0. The Morgan fingerprint density at radius 1 is 1.08 bits per heavy atom. The molecule has 3 N–H and O–H groups in total. The van der Waals surface area contributed by atoms with Crippen LogP contribution in [0.5, 0.6) is 0 Å². The van der Waals surface area contributed by atoms with Crippen LogP contribution in [0.3, 0.4) is 0 Å². The number of nitrogens with one attached hydrogen (secondary N) is 1. The Hall–Kier alpha value is -2.57. The number of nitrogens with two attached hydrogens (primary N) is 1. The number of sulfonamides is 1. The van der Waals surface area contributed by atoms with E-state index in [9.17, 15) is 8.42 Å². The van der Waals surface area contributed by atoms with E-state index in [1.165, 1.54) is 4.47 Å². The second-order valence-corrected chi connectivity index (χ2v) is 10.6. The van der Waals surface area contributed by atoms with Crippen LogP contribution in [0.15, 0.2) is 59.9 Å². The Morgan fingerprint density at radius 2 is 1.81 bits per heavy atom. The monoisotopic (exact) mass is 518 g/mol. The third kappa shape index (κ3) is 10.6. The molecule has 1 aliphatic heterocycles. The van der Waals surface area contributed by atoms with Gasteiger partial charge in [0.2, 0.25) is 10.0 Å². The molecule has 10 nitrogen and oxygen atoms in total. The molecule has 0 atom stereocenters. The fraction of sp³-hybridized carbons (Fsp3) is 0.520. The molecule has 3 rings (SSSR count). The molecule has 0 bridgehead atoms. The Morgan fingerprint density at radius 3 is 2.56 bits per heavy atom. The molecular weight excluding hydrogens is 480 g/mol. The molecule has 0 amide bonds. The first-order valence-corrected chi connectivity index (χ1v) is 14.1. The maximum absolute atomic E-state index is 13.1. The lowest BCUT2D eigenvalue weighted by atomic mass is 10.2. The second kappa shape index (κ2) is 15.5. The van der Waals surface area contributed by atoms with Crippen molar-refractivity contribution in [1.82, 2.24) is 14.4 Å². The second-order valence-electron chi connectivity index (χ2n) is 8.60. The number of rotatable bonds is 15. The van der Waals surface area contributed by atoms with Crippen LogP contribution >= 0.6 is 0 Å². The fourth-order valence-corrected chi connectivity index (χ4v) is 5.07. The maximum Gasteiger partial charge on any atom is 0.236 e. The summed E-state index contributed by atoms with van der Waals surface area (Å²) in [6.07, 6.45) is 6.44.